The molecule has 0 radical (unpaired) electrons. The van der Waals surface area contributed by atoms with Gasteiger partial charge < -0.3 is 9.80 Å². The van der Waals surface area contributed by atoms with Crippen molar-refractivity contribution >= 4 is 38.1 Å². The predicted molar refractivity (Wildman–Crippen MR) is 123 cm³/mol. The summed E-state index contributed by atoms with van der Waals surface area (Å²) in [5, 5.41) is 1.90. The Morgan fingerprint density at radius 2 is 1.58 bits per heavy atom. The van der Waals surface area contributed by atoms with E-state index in [-0.39, 0.29) is 28.2 Å². The Balaban J connectivity index is 1.26. The van der Waals surface area contributed by atoms with Crippen LogP contribution in [-0.4, -0.2) is 50.4 Å². The van der Waals surface area contributed by atoms with Crippen LogP contribution in [0.15, 0.2) is 58.8 Å². The molecule has 174 valence electrons. The summed E-state index contributed by atoms with van der Waals surface area (Å²) < 4.78 is 53.3. The van der Waals surface area contributed by atoms with Crippen LogP contribution in [0.2, 0.25) is 0 Å². The van der Waals surface area contributed by atoms with Gasteiger partial charge in [-0.15, -0.1) is 11.3 Å². The molecule has 1 fully saturated rings. The molecule has 1 saturated heterocycles. The summed E-state index contributed by atoms with van der Waals surface area (Å²) in [6, 6.07) is 10.8. The maximum Gasteiger partial charge on any atom is 0.263 e. The van der Waals surface area contributed by atoms with Crippen molar-refractivity contribution < 1.29 is 22.0 Å². The maximum absolute atomic E-state index is 13.1. The highest BCUT2D eigenvalue weighted by molar-refractivity contribution is 7.93. The Morgan fingerprint density at radius 3 is 2.21 bits per heavy atom. The number of nitrogens with one attached hydrogen (secondary N) is 1. The number of aromatic nitrogens is 1. The van der Waals surface area contributed by atoms with E-state index in [9.17, 15) is 22.0 Å². The molecule has 2 aromatic carbocycles. The Morgan fingerprint density at radius 1 is 0.970 bits per heavy atom. The molecule has 33 heavy (non-hydrogen) atoms. The molecule has 0 saturated carbocycles. The van der Waals surface area contributed by atoms with Crippen LogP contribution in [0, 0.1) is 11.6 Å². The first-order chi connectivity index (χ1) is 15.8. The van der Waals surface area contributed by atoms with Gasteiger partial charge in [0, 0.05) is 43.7 Å². The minimum atomic E-state index is -3.87. The number of anilines is 2. The van der Waals surface area contributed by atoms with E-state index in [0.29, 0.717) is 38.3 Å². The number of thiazole rings is 1. The minimum Gasteiger partial charge on any atom is -0.368 e. The molecule has 0 unspecified atom stereocenters. The number of sulfonamides is 1. The lowest BCUT2D eigenvalue weighted by Gasteiger charge is -2.36. The number of rotatable bonds is 7. The zero-order valence-corrected chi connectivity index (χ0v) is 19.2. The van der Waals surface area contributed by atoms with Crippen molar-refractivity contribution in [3.05, 3.63) is 71.2 Å². The number of hydrogen-bond donors (Lipinski definition) is 1. The van der Waals surface area contributed by atoms with Crippen LogP contribution in [0.3, 0.4) is 0 Å². The van der Waals surface area contributed by atoms with Crippen molar-refractivity contribution in [2.45, 2.75) is 17.7 Å². The normalized spacial score (nSPS) is 14.4. The maximum atomic E-state index is 13.1. The summed E-state index contributed by atoms with van der Waals surface area (Å²) in [4.78, 5) is 20.7. The summed E-state index contributed by atoms with van der Waals surface area (Å²) in [7, 11) is -3.87. The van der Waals surface area contributed by atoms with Crippen molar-refractivity contribution in [3.8, 4) is 0 Å². The molecule has 0 aliphatic carbocycles. The predicted octanol–water partition coefficient (Wildman–Crippen LogP) is 3.50. The van der Waals surface area contributed by atoms with Gasteiger partial charge >= 0.3 is 0 Å². The standard InChI is InChI=1S/C22H22F2N4O3S2/c23-16-1-6-19(7-2-16)27-11-13-28(14-12-27)21(29)10-5-18-15-32-22(25-18)26-33(30,31)20-8-3-17(24)4-9-20/h1-4,6-9,15H,5,10-14H2,(H,25,26). The first-order valence-corrected chi connectivity index (χ1v) is 12.7. The molecule has 1 N–H and O–H groups in total. The summed E-state index contributed by atoms with van der Waals surface area (Å²) in [6.45, 7) is 2.50. The lowest BCUT2D eigenvalue weighted by Crippen LogP contribution is -2.48. The van der Waals surface area contributed by atoms with Crippen molar-refractivity contribution in [3.63, 3.8) is 0 Å². The summed E-state index contributed by atoms with van der Waals surface area (Å²) in [6.07, 6.45) is 0.663. The van der Waals surface area contributed by atoms with Gasteiger partial charge in [0.15, 0.2) is 5.13 Å². The van der Waals surface area contributed by atoms with E-state index in [1.165, 1.54) is 24.3 Å². The van der Waals surface area contributed by atoms with E-state index in [1.54, 1.807) is 22.4 Å². The van der Waals surface area contributed by atoms with Gasteiger partial charge in [0.2, 0.25) is 5.91 Å². The number of amides is 1. The van der Waals surface area contributed by atoms with Gasteiger partial charge in [0.1, 0.15) is 11.6 Å². The monoisotopic (exact) mass is 492 g/mol. The molecule has 11 heteroatoms. The molecule has 1 aliphatic rings. The largest absolute Gasteiger partial charge is 0.368 e. The first-order valence-electron chi connectivity index (χ1n) is 10.3. The fourth-order valence-corrected chi connectivity index (χ4v) is 5.51. The molecule has 0 spiro atoms. The Labute approximate surface area is 194 Å². The van der Waals surface area contributed by atoms with Gasteiger partial charge in [-0.25, -0.2) is 22.2 Å². The third-order valence-electron chi connectivity index (χ3n) is 5.32. The molecule has 4 rings (SSSR count). The second-order valence-electron chi connectivity index (χ2n) is 7.55. The topological polar surface area (TPSA) is 82.6 Å². The van der Waals surface area contributed by atoms with Crippen molar-refractivity contribution in [2.24, 2.45) is 0 Å². The molecule has 1 aromatic heterocycles. The minimum absolute atomic E-state index is 0.00944. The van der Waals surface area contributed by atoms with Crippen LogP contribution in [0.25, 0.3) is 0 Å². The highest BCUT2D eigenvalue weighted by Crippen LogP contribution is 2.22. The number of hydrogen-bond acceptors (Lipinski definition) is 6. The smallest absolute Gasteiger partial charge is 0.263 e. The van der Waals surface area contributed by atoms with Crippen molar-refractivity contribution in [2.75, 3.05) is 35.8 Å². The molecule has 1 aliphatic heterocycles. The number of halogens is 2. The van der Waals surface area contributed by atoms with Crippen LogP contribution in [0.5, 0.6) is 0 Å². The number of benzene rings is 2. The molecule has 2 heterocycles. The van der Waals surface area contributed by atoms with E-state index in [0.717, 1.165) is 29.2 Å². The molecule has 1 amide bonds. The van der Waals surface area contributed by atoms with Gasteiger partial charge in [-0.2, -0.15) is 0 Å². The summed E-state index contributed by atoms with van der Waals surface area (Å²) >= 11 is 1.13. The Kier molecular flexibility index (Phi) is 6.89. The number of carbonyl (C=O) groups excluding carboxylic acids is 1. The summed E-state index contributed by atoms with van der Waals surface area (Å²) in [5.41, 5.74) is 1.55. The second kappa shape index (κ2) is 9.84. The second-order valence-corrected chi connectivity index (χ2v) is 10.1. The lowest BCUT2D eigenvalue weighted by molar-refractivity contribution is -0.131. The van der Waals surface area contributed by atoms with Gasteiger partial charge in [0.05, 0.1) is 10.6 Å². The quantitative estimate of drug-likeness (QED) is 0.546. The van der Waals surface area contributed by atoms with Crippen LogP contribution in [0.1, 0.15) is 12.1 Å². The number of carbonyl (C=O) groups is 1. The highest BCUT2D eigenvalue weighted by atomic mass is 32.2. The highest BCUT2D eigenvalue weighted by Gasteiger charge is 2.22. The van der Waals surface area contributed by atoms with E-state index in [1.807, 2.05) is 0 Å². The third kappa shape index (κ3) is 5.85. The van der Waals surface area contributed by atoms with Crippen LogP contribution in [0.4, 0.5) is 19.6 Å². The molecule has 7 nitrogen and oxygen atoms in total. The molecular weight excluding hydrogens is 470 g/mol. The van der Waals surface area contributed by atoms with Gasteiger partial charge in [-0.05, 0) is 55.0 Å². The fraction of sp³-hybridized carbons (Fsp3) is 0.273. The Bertz CT molecular complexity index is 1210. The van der Waals surface area contributed by atoms with E-state index in [4.69, 9.17) is 0 Å². The molecule has 3 aromatic rings. The van der Waals surface area contributed by atoms with Crippen molar-refractivity contribution in [1.29, 1.82) is 0 Å². The molecule has 0 bridgehead atoms. The number of piperazine rings is 1. The van der Waals surface area contributed by atoms with Gasteiger partial charge in [-0.3, -0.25) is 9.52 Å². The first kappa shape index (κ1) is 23.1. The third-order valence-corrected chi connectivity index (χ3v) is 7.61. The zero-order valence-electron chi connectivity index (χ0n) is 17.6. The average molecular weight is 493 g/mol. The van der Waals surface area contributed by atoms with Crippen LogP contribution >= 0.6 is 11.3 Å². The average Bonchev–Trinajstić information content (AvgIpc) is 3.25. The number of aryl methyl sites for hydroxylation is 1. The molecule has 0 atom stereocenters. The van der Waals surface area contributed by atoms with E-state index >= 15 is 0 Å². The fourth-order valence-electron chi connectivity index (χ4n) is 3.52. The lowest BCUT2D eigenvalue weighted by atomic mass is 10.2. The van der Waals surface area contributed by atoms with Gasteiger partial charge in [-0.1, -0.05) is 0 Å². The van der Waals surface area contributed by atoms with E-state index < -0.39 is 15.8 Å². The summed E-state index contributed by atoms with van der Waals surface area (Å²) in [5.74, 6) is -0.789. The van der Waals surface area contributed by atoms with E-state index in [2.05, 4.69) is 14.6 Å². The van der Waals surface area contributed by atoms with Crippen molar-refractivity contribution in [1.82, 2.24) is 9.88 Å². The van der Waals surface area contributed by atoms with Crippen LogP contribution < -0.4 is 9.62 Å². The Hall–Kier alpha value is -3.05. The number of nitrogens with zero attached hydrogens (tertiary/aromatic N) is 3. The SMILES string of the molecule is O=C(CCc1csc(NS(=O)(=O)c2ccc(F)cc2)n1)N1CCN(c2ccc(F)cc2)CC1. The zero-order chi connectivity index (χ0) is 23.4. The molecular formula is C22H22F2N4O3S2. The van der Waals surface area contributed by atoms with Gasteiger partial charge in [0.25, 0.3) is 10.0 Å². The van der Waals surface area contributed by atoms with Crippen LogP contribution in [-0.2, 0) is 21.2 Å².